The lowest BCUT2D eigenvalue weighted by atomic mass is 9.72. The topological polar surface area (TPSA) is 55.4 Å². The van der Waals surface area contributed by atoms with Crippen LogP contribution in [0.5, 0.6) is 34.5 Å². The van der Waals surface area contributed by atoms with Crippen molar-refractivity contribution in [1.82, 2.24) is 0 Å². The van der Waals surface area contributed by atoms with Gasteiger partial charge in [0.1, 0.15) is 34.5 Å². The third-order valence-corrected chi connectivity index (χ3v) is 28.7. The van der Waals surface area contributed by atoms with Gasteiger partial charge in [-0.3, -0.25) is 0 Å². The van der Waals surface area contributed by atoms with E-state index in [0.717, 1.165) is 304 Å². The van der Waals surface area contributed by atoms with Gasteiger partial charge in [0.05, 0.1) is 39.6 Å². The number of hydrogen-bond acceptors (Lipinski definition) is 6. The Morgan fingerprint density at radius 1 is 0.138 bits per heavy atom. The molecular formula is C132H174O6. The summed E-state index contributed by atoms with van der Waals surface area (Å²) in [6.07, 6.45) is 75.6. The summed E-state index contributed by atoms with van der Waals surface area (Å²) in [6.45, 7) is 78.5. The lowest BCUT2D eigenvalue weighted by Gasteiger charge is -2.32. The predicted molar refractivity (Wildman–Crippen MR) is 600 cm³/mol. The van der Waals surface area contributed by atoms with Crippen LogP contribution in [-0.2, 0) is 71.0 Å². The monoisotopic (exact) mass is 1860 g/mol. The highest BCUT2D eigenvalue weighted by atomic mass is 16.5. The number of hydrogen-bond donors (Lipinski definition) is 0. The van der Waals surface area contributed by atoms with Crippen molar-refractivity contribution in [2.45, 2.75) is 302 Å². The van der Waals surface area contributed by atoms with Crippen LogP contribution in [0.1, 0.15) is 298 Å². The van der Waals surface area contributed by atoms with Crippen LogP contribution in [0.15, 0.2) is 373 Å². The minimum absolute atomic E-state index is 0.136. The van der Waals surface area contributed by atoms with Gasteiger partial charge >= 0.3 is 0 Å². The van der Waals surface area contributed by atoms with Crippen LogP contribution in [0.3, 0.4) is 0 Å². The second-order valence-electron chi connectivity index (χ2n) is 38.5. The maximum atomic E-state index is 6.67. The van der Waals surface area contributed by atoms with Crippen molar-refractivity contribution < 1.29 is 28.4 Å². The first-order valence-electron chi connectivity index (χ1n) is 52.1. The fourth-order valence-corrected chi connectivity index (χ4v) is 21.6. The number of allylic oxidation sites excluding steroid dienone is 18. The Kier molecular flexibility index (Phi) is 52.7. The van der Waals surface area contributed by atoms with Crippen LogP contribution in [0, 0.1) is 0 Å². The molecule has 7 aromatic carbocycles. The van der Waals surface area contributed by atoms with Crippen molar-refractivity contribution in [2.24, 2.45) is 0 Å². The number of unbranched alkanes of at least 4 members (excludes halogenated alkanes) is 12. The van der Waals surface area contributed by atoms with Gasteiger partial charge in [0, 0.05) is 32.5 Å². The average molecular weight is 1860 g/mol. The highest BCUT2D eigenvalue weighted by Crippen LogP contribution is 2.46. The first kappa shape index (κ1) is 114. The summed E-state index contributed by atoms with van der Waals surface area (Å²) in [5.41, 5.74) is 16.3. The van der Waals surface area contributed by atoms with E-state index in [2.05, 4.69) is 264 Å². The van der Waals surface area contributed by atoms with Crippen LogP contribution >= 0.6 is 0 Å². The van der Waals surface area contributed by atoms with E-state index in [1.54, 1.807) is 33.4 Å². The molecule has 0 fully saturated rings. The minimum atomic E-state index is -0.136. The number of ether oxygens (including phenoxy) is 6. The maximum absolute atomic E-state index is 6.67. The normalized spacial score (nSPS) is 11.7. The Labute approximate surface area is 839 Å². The van der Waals surface area contributed by atoms with Gasteiger partial charge in [0.15, 0.2) is 0 Å². The SMILES string of the molecule is C=CCC(CC=C)(CC=C)c1ccc(OCCCCCc2c(CCCCCOc3ccc(C(CC=C)(CC=C)CC=C)cc3)c(CCCCCOc3ccc(C(CC=C)(CC=C)CC=C)cc3)c(CCCCCOc3ccc(C(CC=C)(CC=C)CC=C)cc3)c(CCCCCOc3ccc(C(CC=C)(CC=C)CC=C)cc3)c2CCCCCOc2ccc(C(CC=C)(CC=C)CC=C)cc2)cc1. The molecule has 0 aromatic heterocycles. The van der Waals surface area contributed by atoms with Gasteiger partial charge in [0.25, 0.3) is 0 Å². The first-order chi connectivity index (χ1) is 67.5. The molecule has 0 N–H and O–H groups in total. The van der Waals surface area contributed by atoms with Crippen molar-refractivity contribution in [3.63, 3.8) is 0 Å². The average Bonchev–Trinajstić information content (AvgIpc) is 0.765. The molecule has 0 unspecified atom stereocenters. The largest absolute Gasteiger partial charge is 0.494 e. The number of benzene rings is 7. The smallest absolute Gasteiger partial charge is 0.119 e. The maximum Gasteiger partial charge on any atom is 0.119 e. The molecule has 138 heavy (non-hydrogen) atoms. The van der Waals surface area contributed by atoms with Crippen LogP contribution in [0.2, 0.25) is 0 Å². The Morgan fingerprint density at radius 2 is 0.239 bits per heavy atom. The van der Waals surface area contributed by atoms with Crippen molar-refractivity contribution in [1.29, 1.82) is 0 Å². The Balaban J connectivity index is 1.32. The van der Waals surface area contributed by atoms with Crippen LogP contribution < -0.4 is 28.4 Å². The summed E-state index contributed by atoms with van der Waals surface area (Å²) < 4.78 is 40.0. The molecule has 0 atom stereocenters. The lowest BCUT2D eigenvalue weighted by molar-refractivity contribution is 0.303. The molecule has 0 saturated heterocycles. The van der Waals surface area contributed by atoms with Gasteiger partial charge in [-0.25, -0.2) is 0 Å². The summed E-state index contributed by atoms with van der Waals surface area (Å²) >= 11 is 0. The van der Waals surface area contributed by atoms with Gasteiger partial charge in [-0.2, -0.15) is 0 Å². The molecule has 0 heterocycles. The minimum Gasteiger partial charge on any atom is -0.494 e. The molecular weight excluding hydrogens is 1680 g/mol. The molecule has 0 amide bonds. The molecule has 738 valence electrons. The van der Waals surface area contributed by atoms with Crippen molar-refractivity contribution >= 4 is 0 Å². The van der Waals surface area contributed by atoms with Crippen molar-refractivity contribution in [2.75, 3.05) is 39.6 Å². The quantitative estimate of drug-likeness (QED) is 0.0280. The molecule has 0 aliphatic rings. The predicted octanol–water partition coefficient (Wildman–Crippen LogP) is 36.2. The second-order valence-corrected chi connectivity index (χ2v) is 38.5. The van der Waals surface area contributed by atoms with Crippen LogP contribution in [0.4, 0.5) is 0 Å². The molecule has 0 radical (unpaired) electrons. The first-order valence-corrected chi connectivity index (χ1v) is 52.1. The zero-order chi connectivity index (χ0) is 99.3. The van der Waals surface area contributed by atoms with E-state index in [4.69, 9.17) is 28.4 Å². The Bertz CT molecular complexity index is 3890. The molecule has 0 spiro atoms. The molecule has 0 aliphatic carbocycles. The molecule has 0 aliphatic heterocycles. The second kappa shape index (κ2) is 64.0. The fraction of sp³-hybridized carbons (Fsp3) is 0.409. The van der Waals surface area contributed by atoms with Gasteiger partial charge in [-0.1, -0.05) is 182 Å². The van der Waals surface area contributed by atoms with E-state index in [0.29, 0.717) is 39.6 Å². The van der Waals surface area contributed by atoms with E-state index in [-0.39, 0.29) is 32.5 Å². The summed E-state index contributed by atoms with van der Waals surface area (Å²) in [4.78, 5) is 0. The van der Waals surface area contributed by atoms with Gasteiger partial charge < -0.3 is 28.4 Å². The van der Waals surface area contributed by atoms with Crippen LogP contribution in [-0.4, -0.2) is 39.6 Å². The van der Waals surface area contributed by atoms with E-state index in [1.165, 1.54) is 33.4 Å². The van der Waals surface area contributed by atoms with E-state index in [9.17, 15) is 0 Å². The molecule has 0 saturated carbocycles. The third kappa shape index (κ3) is 34.6. The fourth-order valence-electron chi connectivity index (χ4n) is 21.6. The zero-order valence-electron chi connectivity index (χ0n) is 85.4. The van der Waals surface area contributed by atoms with Gasteiger partial charge in [0.2, 0.25) is 0 Å². The summed E-state index contributed by atoms with van der Waals surface area (Å²) in [5, 5.41) is 0. The highest BCUT2D eigenvalue weighted by Gasteiger charge is 2.35. The van der Waals surface area contributed by atoms with Crippen LogP contribution in [0.25, 0.3) is 0 Å². The van der Waals surface area contributed by atoms with E-state index in [1.807, 2.05) is 109 Å². The zero-order valence-corrected chi connectivity index (χ0v) is 85.4. The Hall–Kier alpha value is -11.3. The van der Waals surface area contributed by atoms with Gasteiger partial charge in [-0.05, 0) is 409 Å². The molecule has 0 bridgehead atoms. The lowest BCUT2D eigenvalue weighted by Crippen LogP contribution is -2.24. The molecule has 6 heteroatoms. The highest BCUT2D eigenvalue weighted by molar-refractivity contribution is 5.54. The number of rotatable bonds is 84. The third-order valence-electron chi connectivity index (χ3n) is 28.7. The summed E-state index contributed by atoms with van der Waals surface area (Å²) in [7, 11) is 0. The van der Waals surface area contributed by atoms with Crippen molar-refractivity contribution in [3.8, 4) is 34.5 Å². The van der Waals surface area contributed by atoms with E-state index < -0.39 is 0 Å². The molecule has 6 nitrogen and oxygen atoms in total. The Morgan fingerprint density at radius 3 is 0.333 bits per heavy atom. The molecule has 7 aromatic rings. The van der Waals surface area contributed by atoms with Gasteiger partial charge in [-0.15, -0.1) is 118 Å². The van der Waals surface area contributed by atoms with E-state index >= 15 is 0 Å². The standard InChI is InChI=1S/C132H174O6/c1-19-85-127(86-20-2,87-21-3)109-61-73-115(74-62-109)133-103-49-37-43-55-121-122(56-44-38-50-104-134-116-75-63-110(64-76-116)128(88-22-4,89-23-5)90-24-6)124(58-46-40-52-106-136-118-79-67-112(68-80-118)130(94-28-10,95-29-11)96-30-12)126(60-48-42-54-108-138-120-83-71-114(72-84-120)132(100-34-16,101-35-17)102-36-18)125(59-47-41-53-107-137-119-81-69-113(70-82-119)131(97-31-13,98-32-14)99-33-15)123(121)57-45-39-51-105-135-117-77-65-111(66-78-117)129(91-25-7,92-26-8)93-27-9/h19-36,61-84H,1-18,37-60,85-108H2. The molecule has 7 rings (SSSR count). The summed E-state index contributed by atoms with van der Waals surface area (Å²) in [5.74, 6) is 5.36. The summed E-state index contributed by atoms with van der Waals surface area (Å²) in [6, 6.07) is 52.6. The van der Waals surface area contributed by atoms with Crippen molar-refractivity contribution in [3.05, 3.63) is 440 Å².